The van der Waals surface area contributed by atoms with Crippen molar-refractivity contribution >= 4 is 19.8 Å². The van der Waals surface area contributed by atoms with Crippen LogP contribution in [0.15, 0.2) is 170 Å². The molecule has 0 heterocycles. The first-order chi connectivity index (χ1) is 46.8. The molecule has 3 N–H and O–H groups in total. The Morgan fingerprint density at radius 3 is 0.811 bits per heavy atom. The number of carbonyl (C=O) groups excluding carboxylic acids is 2. The van der Waals surface area contributed by atoms with Crippen LogP contribution in [0.4, 0.5) is 0 Å². The Bertz CT molecular complexity index is 2170. The zero-order chi connectivity index (χ0) is 68.6. The van der Waals surface area contributed by atoms with Crippen molar-refractivity contribution in [2.24, 2.45) is 5.73 Å². The lowest BCUT2D eigenvalue weighted by atomic mass is 10.0. The third-order valence-electron chi connectivity index (χ3n) is 16.1. The zero-order valence-corrected chi connectivity index (χ0v) is 61.7. The van der Waals surface area contributed by atoms with Gasteiger partial charge in [-0.25, -0.2) is 4.57 Å². The fourth-order valence-corrected chi connectivity index (χ4v) is 11.2. The van der Waals surface area contributed by atoms with Gasteiger partial charge in [-0.05, 0) is 128 Å². The Labute approximate surface area is 584 Å². The van der Waals surface area contributed by atoms with E-state index in [1.807, 2.05) is 0 Å². The first-order valence-corrected chi connectivity index (χ1v) is 40.1. The second kappa shape index (κ2) is 78.4. The molecule has 9 nitrogen and oxygen atoms in total. The van der Waals surface area contributed by atoms with E-state index in [1.165, 1.54) is 161 Å². The van der Waals surface area contributed by atoms with Crippen LogP contribution in [0, 0.1) is 0 Å². The van der Waals surface area contributed by atoms with E-state index < -0.39 is 26.5 Å². The summed E-state index contributed by atoms with van der Waals surface area (Å²) in [4.78, 5) is 35.5. The summed E-state index contributed by atoms with van der Waals surface area (Å²) in [7, 11) is -4.41. The van der Waals surface area contributed by atoms with E-state index >= 15 is 0 Å². The molecule has 0 aromatic carbocycles. The van der Waals surface area contributed by atoms with Gasteiger partial charge >= 0.3 is 19.8 Å². The molecule has 2 unspecified atom stereocenters. The molecule has 540 valence electrons. The zero-order valence-electron chi connectivity index (χ0n) is 60.8. The number of ether oxygens (including phenoxy) is 2. The molecule has 0 rings (SSSR count). The van der Waals surface area contributed by atoms with Gasteiger partial charge in [0.2, 0.25) is 0 Å². The number of phosphoric acid groups is 1. The summed E-state index contributed by atoms with van der Waals surface area (Å²) in [5.41, 5.74) is 5.41. The van der Waals surface area contributed by atoms with Gasteiger partial charge in [0.05, 0.1) is 13.2 Å². The van der Waals surface area contributed by atoms with Crippen molar-refractivity contribution in [3.63, 3.8) is 0 Å². The highest BCUT2D eigenvalue weighted by atomic mass is 31.2. The lowest BCUT2D eigenvalue weighted by molar-refractivity contribution is -0.161. The number of esters is 2. The normalized spacial score (nSPS) is 13.9. The van der Waals surface area contributed by atoms with Crippen molar-refractivity contribution in [3.05, 3.63) is 170 Å². The van der Waals surface area contributed by atoms with Crippen molar-refractivity contribution in [1.29, 1.82) is 0 Å². The molecule has 95 heavy (non-hydrogen) atoms. The Kier molecular flexibility index (Phi) is 74.5. The molecule has 0 aliphatic heterocycles. The van der Waals surface area contributed by atoms with Crippen molar-refractivity contribution < 1.29 is 37.6 Å². The van der Waals surface area contributed by atoms with Gasteiger partial charge in [-0.3, -0.25) is 18.6 Å². The second-order valence-electron chi connectivity index (χ2n) is 25.1. The van der Waals surface area contributed by atoms with Crippen molar-refractivity contribution in [2.75, 3.05) is 26.4 Å². The predicted octanol–water partition coefficient (Wildman–Crippen LogP) is 26.1. The number of hydrogen-bond donors (Lipinski definition) is 2. The first kappa shape index (κ1) is 90.4. The maximum atomic E-state index is 12.8. The fraction of sp³-hybridized carbons (Fsp3) is 0.647. The average molecular weight is 1340 g/mol. The molecule has 0 bridgehead atoms. The van der Waals surface area contributed by atoms with Crippen LogP contribution in [-0.4, -0.2) is 49.3 Å². The quantitative estimate of drug-likeness (QED) is 0.0264. The van der Waals surface area contributed by atoms with E-state index in [4.69, 9.17) is 24.3 Å². The van der Waals surface area contributed by atoms with Crippen LogP contribution >= 0.6 is 7.82 Å². The topological polar surface area (TPSA) is 134 Å². The molecule has 0 saturated heterocycles. The van der Waals surface area contributed by atoms with Crippen LogP contribution in [0.3, 0.4) is 0 Å². The minimum atomic E-state index is -4.41. The smallest absolute Gasteiger partial charge is 0.462 e. The van der Waals surface area contributed by atoms with Crippen LogP contribution in [-0.2, 0) is 32.7 Å². The third-order valence-corrected chi connectivity index (χ3v) is 17.1. The molecule has 0 spiro atoms. The average Bonchev–Trinajstić information content (AvgIpc) is 1.55. The Morgan fingerprint density at radius 1 is 0.316 bits per heavy atom. The number of rotatable bonds is 71. The van der Waals surface area contributed by atoms with E-state index in [9.17, 15) is 19.0 Å². The Balaban J connectivity index is 3.87. The number of allylic oxidation sites excluding steroid dienone is 28. The molecule has 0 radical (unpaired) electrons. The van der Waals surface area contributed by atoms with Crippen molar-refractivity contribution in [3.8, 4) is 0 Å². The van der Waals surface area contributed by atoms with E-state index in [2.05, 4.69) is 184 Å². The summed E-state index contributed by atoms with van der Waals surface area (Å²) in [6, 6.07) is 0. The van der Waals surface area contributed by atoms with Gasteiger partial charge in [0, 0.05) is 19.4 Å². The highest BCUT2D eigenvalue weighted by molar-refractivity contribution is 7.47. The SMILES string of the molecule is CC/C=C\C/C=C\C/C=C\C/C=C\C/C=C\C/C=C\C/C=C\CCCCCCCCCCCCCCCCCC(=O)OCC(COP(=O)(O)OCCN)OC(=O)CCCCCCCCCCCCCCCCC/C=C\C/C=C\C/C=C\C/C=C\C/C=C\C/C=C\C/C=C\CC. The van der Waals surface area contributed by atoms with Crippen LogP contribution < -0.4 is 5.73 Å². The lowest BCUT2D eigenvalue weighted by Gasteiger charge is -2.19. The molecule has 0 fully saturated rings. The van der Waals surface area contributed by atoms with E-state index in [-0.39, 0.29) is 38.6 Å². The van der Waals surface area contributed by atoms with Gasteiger partial charge in [-0.2, -0.15) is 0 Å². The molecule has 2 atom stereocenters. The predicted molar refractivity (Wildman–Crippen MR) is 413 cm³/mol. The monoisotopic (exact) mass is 1340 g/mol. The van der Waals surface area contributed by atoms with Gasteiger partial charge in [0.25, 0.3) is 0 Å². The van der Waals surface area contributed by atoms with Crippen LogP contribution in [0.5, 0.6) is 0 Å². The van der Waals surface area contributed by atoms with Crippen LogP contribution in [0.25, 0.3) is 0 Å². The number of nitrogens with two attached hydrogens (primary N) is 1. The van der Waals surface area contributed by atoms with Gasteiger partial charge < -0.3 is 20.1 Å². The molecular weight excluding hydrogens is 1190 g/mol. The first-order valence-electron chi connectivity index (χ1n) is 38.6. The summed E-state index contributed by atoms with van der Waals surface area (Å²) >= 11 is 0. The summed E-state index contributed by atoms with van der Waals surface area (Å²) in [5.74, 6) is -0.826. The van der Waals surface area contributed by atoms with Crippen LogP contribution in [0.1, 0.15) is 322 Å². The molecule has 0 aromatic heterocycles. The minimum absolute atomic E-state index is 0.0479. The highest BCUT2D eigenvalue weighted by Crippen LogP contribution is 2.43. The lowest BCUT2D eigenvalue weighted by Crippen LogP contribution is -2.29. The largest absolute Gasteiger partial charge is 0.472 e. The molecule has 0 aliphatic rings. The van der Waals surface area contributed by atoms with Crippen molar-refractivity contribution in [2.45, 2.75) is 328 Å². The van der Waals surface area contributed by atoms with Gasteiger partial charge in [0.15, 0.2) is 6.10 Å². The Morgan fingerprint density at radius 2 is 0.547 bits per heavy atom. The summed E-state index contributed by atoms with van der Waals surface area (Å²) in [6.45, 7) is 3.53. The summed E-state index contributed by atoms with van der Waals surface area (Å²) < 4.78 is 33.3. The maximum absolute atomic E-state index is 12.8. The second-order valence-corrected chi connectivity index (χ2v) is 26.6. The number of carbonyl (C=O) groups is 2. The van der Waals surface area contributed by atoms with E-state index in [0.717, 1.165) is 128 Å². The summed E-state index contributed by atoms with van der Waals surface area (Å²) in [5, 5.41) is 0. The van der Waals surface area contributed by atoms with E-state index in [1.54, 1.807) is 0 Å². The number of phosphoric ester groups is 1. The number of unbranched alkanes of at least 4 members (excludes halogenated alkanes) is 30. The molecule has 0 aliphatic carbocycles. The molecule has 0 amide bonds. The minimum Gasteiger partial charge on any atom is -0.462 e. The van der Waals surface area contributed by atoms with Crippen molar-refractivity contribution in [1.82, 2.24) is 0 Å². The highest BCUT2D eigenvalue weighted by Gasteiger charge is 2.26. The standard InChI is InChI=1S/C85H142NO8P/c1-3-5-7-9-11-13-15-17-19-21-23-25-27-29-31-33-35-37-39-41-43-45-47-49-51-53-55-57-59-61-63-65-67-69-71-73-75-77-84(87)91-81-83(82-93-95(89,90)92-80-79-86)94-85(88)78-76-74-72-70-68-66-64-62-60-58-56-54-52-50-48-46-44-42-40-38-36-34-32-30-28-26-24-22-20-18-16-14-12-10-8-6-4-2/h5-8,11-14,17-20,23-26,29-32,35-38,41-44,83H,3-4,9-10,15-16,21-22,27-28,33-34,39-40,45-82,86H2,1-2H3,(H,89,90)/b7-5-,8-6-,13-11-,14-12-,19-17-,20-18-,25-23-,26-24-,31-29-,32-30-,37-35-,38-36-,43-41-,44-42-. The number of hydrogen-bond acceptors (Lipinski definition) is 8. The third kappa shape index (κ3) is 78.3. The maximum Gasteiger partial charge on any atom is 0.472 e. The molecule has 0 saturated carbocycles. The van der Waals surface area contributed by atoms with Gasteiger partial charge in [-0.15, -0.1) is 0 Å². The van der Waals surface area contributed by atoms with Gasteiger partial charge in [0.1, 0.15) is 6.61 Å². The molecule has 10 heteroatoms. The van der Waals surface area contributed by atoms with Crippen LogP contribution in [0.2, 0.25) is 0 Å². The molecule has 0 aromatic rings. The molecular formula is C85H142NO8P. The summed E-state index contributed by atoms with van der Waals surface area (Å²) in [6.07, 6.45) is 116. The van der Waals surface area contributed by atoms with E-state index in [0.29, 0.717) is 6.42 Å². The Hall–Kier alpha value is -4.63. The fourth-order valence-electron chi connectivity index (χ4n) is 10.5. The van der Waals surface area contributed by atoms with Gasteiger partial charge in [-0.1, -0.05) is 351 Å².